The fourth-order valence-electron chi connectivity index (χ4n) is 4.07. The van der Waals surface area contributed by atoms with Gasteiger partial charge in [0.15, 0.2) is 11.6 Å². The summed E-state index contributed by atoms with van der Waals surface area (Å²) in [5.41, 5.74) is 1.21. The molecule has 0 radical (unpaired) electrons. The zero-order valence-electron chi connectivity index (χ0n) is 21.9. The molecule has 0 aliphatic heterocycles. The minimum Gasteiger partial charge on any atom is -0.497 e. The van der Waals surface area contributed by atoms with Crippen LogP contribution in [0.4, 0.5) is 14.5 Å². The van der Waals surface area contributed by atoms with Crippen molar-refractivity contribution in [1.82, 2.24) is 10.2 Å². The summed E-state index contributed by atoms with van der Waals surface area (Å²) in [6.07, 6.45) is 1.02. The Hall–Kier alpha value is -3.99. The highest BCUT2D eigenvalue weighted by molar-refractivity contribution is 7.92. The molecule has 1 atom stereocenters. The molecule has 3 rings (SSSR count). The Balaban J connectivity index is 2.06. The summed E-state index contributed by atoms with van der Waals surface area (Å²) in [4.78, 5) is 28.5. The first-order valence-electron chi connectivity index (χ1n) is 12.2. The predicted molar refractivity (Wildman–Crippen MR) is 145 cm³/mol. The van der Waals surface area contributed by atoms with Crippen molar-refractivity contribution in [3.63, 3.8) is 0 Å². The van der Waals surface area contributed by atoms with E-state index < -0.39 is 46.1 Å². The van der Waals surface area contributed by atoms with Crippen LogP contribution in [0.3, 0.4) is 0 Å². The number of rotatable bonds is 12. The first-order valence-corrected chi connectivity index (χ1v) is 14.0. The summed E-state index contributed by atoms with van der Waals surface area (Å²) in [6, 6.07) is 17.6. The largest absolute Gasteiger partial charge is 0.497 e. The van der Waals surface area contributed by atoms with Crippen LogP contribution in [0.15, 0.2) is 72.8 Å². The van der Waals surface area contributed by atoms with Crippen LogP contribution in [0, 0.1) is 11.6 Å². The number of nitrogens with one attached hydrogen (secondary N) is 1. The van der Waals surface area contributed by atoms with E-state index in [2.05, 4.69) is 5.32 Å². The first-order chi connectivity index (χ1) is 18.5. The lowest BCUT2D eigenvalue weighted by Crippen LogP contribution is -2.53. The molecule has 0 aliphatic carbocycles. The van der Waals surface area contributed by atoms with Crippen molar-refractivity contribution in [2.24, 2.45) is 0 Å². The van der Waals surface area contributed by atoms with Gasteiger partial charge in [0.2, 0.25) is 21.8 Å². The minimum atomic E-state index is -4.10. The molecule has 0 saturated heterocycles. The van der Waals surface area contributed by atoms with Crippen LogP contribution in [0.2, 0.25) is 0 Å². The Kier molecular flexibility index (Phi) is 10.00. The van der Waals surface area contributed by atoms with Gasteiger partial charge in [-0.2, -0.15) is 0 Å². The number of ether oxygens (including phenoxy) is 1. The molecule has 208 valence electrons. The smallest absolute Gasteiger partial charge is 0.244 e. The van der Waals surface area contributed by atoms with E-state index in [1.165, 1.54) is 12.0 Å². The molecule has 0 heterocycles. The number of nitrogens with zero attached hydrogens (tertiary/aromatic N) is 2. The molecule has 0 unspecified atom stereocenters. The summed E-state index contributed by atoms with van der Waals surface area (Å²) in [6.45, 7) is 1.29. The van der Waals surface area contributed by atoms with E-state index in [0.29, 0.717) is 28.2 Å². The lowest BCUT2D eigenvalue weighted by Gasteiger charge is -2.33. The van der Waals surface area contributed by atoms with Crippen molar-refractivity contribution in [2.75, 3.05) is 30.8 Å². The number of hydrogen-bond donors (Lipinski definition) is 1. The first kappa shape index (κ1) is 29.6. The Morgan fingerprint density at radius 2 is 1.64 bits per heavy atom. The zero-order valence-corrected chi connectivity index (χ0v) is 22.8. The van der Waals surface area contributed by atoms with Gasteiger partial charge in [0.1, 0.15) is 18.3 Å². The SMILES string of the molecule is CCNC(=O)[C@H](Cc1ccccc1)N(Cc1cccc(OC)c1)C(=O)CN(c1ccc(F)c(F)c1)S(C)(=O)=O. The minimum absolute atomic E-state index is 0.0416. The van der Waals surface area contributed by atoms with Crippen molar-refractivity contribution in [3.8, 4) is 5.75 Å². The highest BCUT2D eigenvalue weighted by Crippen LogP contribution is 2.23. The second kappa shape index (κ2) is 13.2. The third-order valence-electron chi connectivity index (χ3n) is 5.98. The van der Waals surface area contributed by atoms with Crippen LogP contribution in [0.1, 0.15) is 18.1 Å². The van der Waals surface area contributed by atoms with E-state index in [1.807, 2.05) is 30.3 Å². The predicted octanol–water partition coefficient (Wildman–Crippen LogP) is 3.52. The Morgan fingerprint density at radius 3 is 2.26 bits per heavy atom. The number of halogens is 2. The molecular weight excluding hydrogens is 528 g/mol. The van der Waals surface area contributed by atoms with Crippen LogP contribution < -0.4 is 14.4 Å². The number of sulfonamides is 1. The summed E-state index contributed by atoms with van der Waals surface area (Å²) < 4.78 is 58.9. The Bertz CT molecular complexity index is 1400. The number of benzene rings is 3. The topological polar surface area (TPSA) is 96.0 Å². The van der Waals surface area contributed by atoms with Gasteiger partial charge in [-0.3, -0.25) is 13.9 Å². The molecule has 0 spiro atoms. The van der Waals surface area contributed by atoms with E-state index >= 15 is 0 Å². The number of likely N-dealkylation sites (N-methyl/N-ethyl adjacent to an activating group) is 1. The quantitative estimate of drug-likeness (QED) is 0.367. The maximum Gasteiger partial charge on any atom is 0.244 e. The highest BCUT2D eigenvalue weighted by atomic mass is 32.2. The molecule has 3 aromatic rings. The van der Waals surface area contributed by atoms with Gasteiger partial charge in [0.25, 0.3) is 0 Å². The van der Waals surface area contributed by atoms with Gasteiger partial charge < -0.3 is 15.0 Å². The van der Waals surface area contributed by atoms with Crippen molar-refractivity contribution in [1.29, 1.82) is 0 Å². The normalized spacial score (nSPS) is 11.9. The van der Waals surface area contributed by atoms with Gasteiger partial charge in [0.05, 0.1) is 19.1 Å². The Labute approximate surface area is 227 Å². The van der Waals surface area contributed by atoms with Crippen LogP contribution in [0.5, 0.6) is 5.75 Å². The molecule has 1 N–H and O–H groups in total. The fraction of sp³-hybridized carbons (Fsp3) is 0.286. The van der Waals surface area contributed by atoms with Gasteiger partial charge in [-0.05, 0) is 42.3 Å². The summed E-state index contributed by atoms with van der Waals surface area (Å²) in [5.74, 6) is -3.00. The molecule has 0 aliphatic rings. The van der Waals surface area contributed by atoms with E-state index in [9.17, 15) is 26.8 Å². The molecule has 11 heteroatoms. The fourth-order valence-corrected chi connectivity index (χ4v) is 4.91. The molecule has 8 nitrogen and oxygen atoms in total. The molecule has 2 amide bonds. The number of carbonyl (C=O) groups excluding carboxylic acids is 2. The maximum absolute atomic E-state index is 14.0. The van der Waals surface area contributed by atoms with Gasteiger partial charge in [-0.15, -0.1) is 0 Å². The van der Waals surface area contributed by atoms with Crippen LogP contribution in [-0.2, 0) is 32.6 Å². The number of hydrogen-bond acceptors (Lipinski definition) is 5. The Morgan fingerprint density at radius 1 is 0.949 bits per heavy atom. The number of methoxy groups -OCH3 is 1. The van der Waals surface area contributed by atoms with Crippen molar-refractivity contribution in [3.05, 3.63) is 95.6 Å². The molecule has 0 saturated carbocycles. The second-order valence-corrected chi connectivity index (χ2v) is 10.7. The van der Waals surface area contributed by atoms with Gasteiger partial charge in [-0.25, -0.2) is 17.2 Å². The van der Waals surface area contributed by atoms with E-state index in [0.717, 1.165) is 24.0 Å². The molecule has 0 aromatic heterocycles. The summed E-state index contributed by atoms with van der Waals surface area (Å²) >= 11 is 0. The lowest BCUT2D eigenvalue weighted by atomic mass is 10.0. The molecule has 0 fully saturated rings. The van der Waals surface area contributed by atoms with Crippen LogP contribution >= 0.6 is 0 Å². The number of anilines is 1. The van der Waals surface area contributed by atoms with E-state index in [1.54, 1.807) is 31.2 Å². The van der Waals surface area contributed by atoms with Gasteiger partial charge in [0, 0.05) is 25.6 Å². The number of amides is 2. The van der Waals surface area contributed by atoms with Crippen LogP contribution in [-0.4, -0.2) is 57.6 Å². The van der Waals surface area contributed by atoms with E-state index in [-0.39, 0.29) is 18.7 Å². The van der Waals surface area contributed by atoms with Gasteiger partial charge >= 0.3 is 0 Å². The summed E-state index contributed by atoms with van der Waals surface area (Å²) in [5, 5.41) is 2.76. The van der Waals surface area contributed by atoms with E-state index in [4.69, 9.17) is 4.74 Å². The maximum atomic E-state index is 14.0. The zero-order chi connectivity index (χ0) is 28.6. The second-order valence-electron chi connectivity index (χ2n) is 8.84. The van der Waals surface area contributed by atoms with Crippen molar-refractivity contribution < 1.29 is 31.5 Å². The van der Waals surface area contributed by atoms with Crippen molar-refractivity contribution in [2.45, 2.75) is 25.9 Å². The van der Waals surface area contributed by atoms with Crippen LogP contribution in [0.25, 0.3) is 0 Å². The standard InChI is InChI=1S/C28H31F2N3O5S/c1-4-31-28(35)26(16-20-9-6-5-7-10-20)32(18-21-11-8-12-23(15-21)38-2)27(34)19-33(39(3,36)37)22-13-14-24(29)25(30)17-22/h5-15,17,26H,4,16,18-19H2,1-3H3,(H,31,35)/t26-/m0/s1. The molecule has 3 aromatic carbocycles. The average Bonchev–Trinajstić information content (AvgIpc) is 2.91. The molecule has 39 heavy (non-hydrogen) atoms. The van der Waals surface area contributed by atoms with Crippen molar-refractivity contribution >= 4 is 27.5 Å². The molecular formula is C28H31F2N3O5S. The summed E-state index contributed by atoms with van der Waals surface area (Å²) in [7, 11) is -2.60. The lowest BCUT2D eigenvalue weighted by molar-refractivity contribution is -0.140. The number of carbonyl (C=O) groups is 2. The molecule has 0 bridgehead atoms. The van der Waals surface area contributed by atoms with Gasteiger partial charge in [-0.1, -0.05) is 42.5 Å². The highest BCUT2D eigenvalue weighted by Gasteiger charge is 2.33. The monoisotopic (exact) mass is 559 g/mol. The average molecular weight is 560 g/mol. The third kappa shape index (κ3) is 8.00. The third-order valence-corrected chi connectivity index (χ3v) is 7.12.